The summed E-state index contributed by atoms with van der Waals surface area (Å²) in [7, 11) is 0. The van der Waals surface area contributed by atoms with Gasteiger partial charge in [-0.2, -0.15) is 4.90 Å². The van der Waals surface area contributed by atoms with E-state index < -0.39 is 35.2 Å². The first-order chi connectivity index (χ1) is 7.72. The van der Waals surface area contributed by atoms with Gasteiger partial charge in [0, 0.05) is 12.0 Å². The minimum atomic E-state index is -2.90. The molecule has 106 valence electrons. The second-order valence-electron chi connectivity index (χ2n) is 6.01. The molecule has 5 N–H and O–H groups in total. The standard InChI is InChI=1S/C11H21NO6/c1-8(2)5-7(13)6-10(15,16)12(8)11(17,18)9(3,4)14/h14-18H,5-6H2,1-4H3. The lowest BCUT2D eigenvalue weighted by molar-refractivity contribution is -0.445. The number of ketones is 1. The Morgan fingerprint density at radius 2 is 1.56 bits per heavy atom. The Labute approximate surface area is 105 Å². The fourth-order valence-corrected chi connectivity index (χ4v) is 2.40. The van der Waals surface area contributed by atoms with E-state index in [0.29, 0.717) is 4.90 Å². The second kappa shape index (κ2) is 3.96. The molecule has 0 aromatic carbocycles. The number of rotatable bonds is 2. The summed E-state index contributed by atoms with van der Waals surface area (Å²) < 4.78 is 0. The Morgan fingerprint density at radius 1 is 1.11 bits per heavy atom. The Hall–Kier alpha value is -0.570. The topological polar surface area (TPSA) is 121 Å². The van der Waals surface area contributed by atoms with E-state index >= 15 is 0 Å². The molecule has 7 nitrogen and oxygen atoms in total. The van der Waals surface area contributed by atoms with Gasteiger partial charge in [0.2, 0.25) is 5.91 Å². The molecule has 18 heavy (non-hydrogen) atoms. The lowest BCUT2D eigenvalue weighted by Gasteiger charge is -2.56. The predicted octanol–water partition coefficient (Wildman–Crippen LogP) is -1.52. The molecule has 0 aliphatic carbocycles. The summed E-state index contributed by atoms with van der Waals surface area (Å²) in [6, 6.07) is 0. The molecule has 1 rings (SSSR count). The number of carbonyl (C=O) groups is 1. The summed E-state index contributed by atoms with van der Waals surface area (Å²) in [5.74, 6) is -6.05. The molecular weight excluding hydrogens is 242 g/mol. The van der Waals surface area contributed by atoms with Crippen molar-refractivity contribution >= 4 is 5.78 Å². The average Bonchev–Trinajstić information content (AvgIpc) is 1.92. The van der Waals surface area contributed by atoms with Gasteiger partial charge in [-0.1, -0.05) is 0 Å². The Morgan fingerprint density at radius 3 is 1.89 bits per heavy atom. The van der Waals surface area contributed by atoms with Gasteiger partial charge in [0.25, 0.3) is 5.91 Å². The van der Waals surface area contributed by atoms with Gasteiger partial charge < -0.3 is 25.5 Å². The molecule has 1 heterocycles. The van der Waals surface area contributed by atoms with Crippen LogP contribution >= 0.6 is 0 Å². The maximum absolute atomic E-state index is 11.4. The number of piperidine rings is 1. The molecule has 0 radical (unpaired) electrons. The fourth-order valence-electron chi connectivity index (χ4n) is 2.40. The zero-order valence-electron chi connectivity index (χ0n) is 11.0. The molecule has 0 spiro atoms. The van der Waals surface area contributed by atoms with Gasteiger partial charge in [0.1, 0.15) is 11.4 Å². The van der Waals surface area contributed by atoms with Crippen LogP contribution in [0.25, 0.3) is 0 Å². The van der Waals surface area contributed by atoms with Crippen molar-refractivity contribution in [3.63, 3.8) is 0 Å². The first kappa shape index (κ1) is 15.5. The van der Waals surface area contributed by atoms with Gasteiger partial charge in [0.05, 0.1) is 6.42 Å². The number of carbonyl (C=O) groups excluding carboxylic acids is 1. The largest absolute Gasteiger partial charge is 0.383 e. The Balaban J connectivity index is 3.30. The zero-order chi connectivity index (χ0) is 14.6. The van der Waals surface area contributed by atoms with Gasteiger partial charge in [-0.3, -0.25) is 4.79 Å². The van der Waals surface area contributed by atoms with E-state index in [-0.39, 0.29) is 6.42 Å². The van der Waals surface area contributed by atoms with Gasteiger partial charge in [-0.15, -0.1) is 0 Å². The van der Waals surface area contributed by atoms with Crippen LogP contribution in [0, 0.1) is 0 Å². The molecule has 7 heteroatoms. The van der Waals surface area contributed by atoms with Crippen molar-refractivity contribution < 1.29 is 30.3 Å². The van der Waals surface area contributed by atoms with Crippen LogP contribution in [0.15, 0.2) is 0 Å². The number of nitrogens with zero attached hydrogens (tertiary/aromatic N) is 1. The van der Waals surface area contributed by atoms with Crippen molar-refractivity contribution in [3.8, 4) is 0 Å². The lowest BCUT2D eigenvalue weighted by Crippen LogP contribution is -2.76. The van der Waals surface area contributed by atoms with Crippen LogP contribution in [-0.2, 0) is 4.79 Å². The van der Waals surface area contributed by atoms with E-state index in [1.807, 2.05) is 0 Å². The smallest absolute Gasteiger partial charge is 0.259 e. The van der Waals surface area contributed by atoms with E-state index in [9.17, 15) is 30.3 Å². The SMILES string of the molecule is CC1(C)CC(=O)CC(O)(O)N1C(O)(O)C(C)(C)O. The number of likely N-dealkylation sites (tertiary alicyclic amines) is 1. The van der Waals surface area contributed by atoms with Crippen molar-refractivity contribution in [3.05, 3.63) is 0 Å². The molecule has 1 aliphatic heterocycles. The normalized spacial score (nSPS) is 25.3. The first-order valence-corrected chi connectivity index (χ1v) is 5.66. The van der Waals surface area contributed by atoms with E-state index in [0.717, 1.165) is 13.8 Å². The van der Waals surface area contributed by atoms with Crippen molar-refractivity contribution in [1.82, 2.24) is 4.90 Å². The third-order valence-electron chi connectivity index (χ3n) is 3.16. The Bertz CT molecular complexity index is 335. The van der Waals surface area contributed by atoms with Crippen LogP contribution in [0.4, 0.5) is 0 Å². The molecular formula is C11H21NO6. The van der Waals surface area contributed by atoms with Crippen LogP contribution in [0.2, 0.25) is 0 Å². The van der Waals surface area contributed by atoms with Gasteiger partial charge >= 0.3 is 0 Å². The summed E-state index contributed by atoms with van der Waals surface area (Å²) in [5.41, 5.74) is -3.27. The minimum absolute atomic E-state index is 0.0885. The van der Waals surface area contributed by atoms with E-state index in [1.165, 1.54) is 13.8 Å². The van der Waals surface area contributed by atoms with Crippen molar-refractivity contribution in [2.24, 2.45) is 0 Å². The van der Waals surface area contributed by atoms with Crippen LogP contribution in [0.1, 0.15) is 40.5 Å². The quantitative estimate of drug-likeness (QED) is 0.383. The zero-order valence-corrected chi connectivity index (χ0v) is 11.0. The maximum Gasteiger partial charge on any atom is 0.259 e. The van der Waals surface area contributed by atoms with Crippen molar-refractivity contribution in [1.29, 1.82) is 0 Å². The maximum atomic E-state index is 11.4. The van der Waals surface area contributed by atoms with Crippen molar-refractivity contribution in [2.45, 2.75) is 63.5 Å². The van der Waals surface area contributed by atoms with Crippen LogP contribution in [0.3, 0.4) is 0 Å². The molecule has 0 saturated carbocycles. The molecule has 1 saturated heterocycles. The fraction of sp³-hybridized carbons (Fsp3) is 0.909. The number of hydrogen-bond acceptors (Lipinski definition) is 7. The number of aliphatic hydroxyl groups is 5. The van der Waals surface area contributed by atoms with Gasteiger partial charge in [-0.05, 0) is 27.7 Å². The number of hydrogen-bond donors (Lipinski definition) is 5. The van der Waals surface area contributed by atoms with Crippen LogP contribution in [0.5, 0.6) is 0 Å². The van der Waals surface area contributed by atoms with Crippen LogP contribution in [-0.4, -0.2) is 59.2 Å². The molecule has 0 atom stereocenters. The summed E-state index contributed by atoms with van der Waals surface area (Å²) in [5, 5.41) is 49.6. The summed E-state index contributed by atoms with van der Waals surface area (Å²) in [4.78, 5) is 12.0. The highest BCUT2D eigenvalue weighted by atomic mass is 16.6. The highest BCUT2D eigenvalue weighted by Crippen LogP contribution is 2.41. The third kappa shape index (κ3) is 2.42. The van der Waals surface area contributed by atoms with E-state index in [4.69, 9.17) is 0 Å². The lowest BCUT2D eigenvalue weighted by atomic mass is 9.84. The summed E-state index contributed by atoms with van der Waals surface area (Å²) in [6.07, 6.45) is -0.746. The second-order valence-corrected chi connectivity index (χ2v) is 6.01. The molecule has 0 amide bonds. The third-order valence-corrected chi connectivity index (χ3v) is 3.16. The molecule has 0 unspecified atom stereocenters. The minimum Gasteiger partial charge on any atom is -0.383 e. The summed E-state index contributed by atoms with van der Waals surface area (Å²) >= 11 is 0. The highest BCUT2D eigenvalue weighted by Gasteiger charge is 2.61. The molecule has 0 bridgehead atoms. The molecule has 1 fully saturated rings. The van der Waals surface area contributed by atoms with Crippen molar-refractivity contribution in [2.75, 3.05) is 0 Å². The first-order valence-electron chi connectivity index (χ1n) is 5.66. The van der Waals surface area contributed by atoms with Gasteiger partial charge in [0.15, 0.2) is 0 Å². The van der Waals surface area contributed by atoms with E-state index in [1.54, 1.807) is 0 Å². The Kier molecular flexibility index (Phi) is 3.41. The monoisotopic (exact) mass is 263 g/mol. The van der Waals surface area contributed by atoms with E-state index in [2.05, 4.69) is 0 Å². The average molecular weight is 263 g/mol. The predicted molar refractivity (Wildman–Crippen MR) is 60.8 cm³/mol. The highest BCUT2D eigenvalue weighted by molar-refractivity contribution is 5.81. The summed E-state index contributed by atoms with van der Waals surface area (Å²) in [6.45, 7) is 5.15. The van der Waals surface area contributed by atoms with Crippen LogP contribution < -0.4 is 0 Å². The molecule has 0 aromatic heterocycles. The van der Waals surface area contributed by atoms with Gasteiger partial charge in [-0.25, -0.2) is 0 Å². The number of Topliss-reactive ketones (excluding diaryl/α,β-unsaturated/α-hetero) is 1. The molecule has 1 aliphatic rings. The molecule has 0 aromatic rings.